The second-order valence-corrected chi connectivity index (χ2v) is 6.04. The largest absolute Gasteiger partial charge is 0.524 e. The van der Waals surface area contributed by atoms with E-state index in [2.05, 4.69) is 0 Å². The van der Waals surface area contributed by atoms with Crippen molar-refractivity contribution in [2.24, 2.45) is 0 Å². The summed E-state index contributed by atoms with van der Waals surface area (Å²) in [5.41, 5.74) is -1.83. The van der Waals surface area contributed by atoms with Crippen molar-refractivity contribution in [1.82, 2.24) is 0 Å². The van der Waals surface area contributed by atoms with Crippen LogP contribution in [0.1, 0.15) is 53.4 Å². The van der Waals surface area contributed by atoms with Gasteiger partial charge in [0.2, 0.25) is 0 Å². The van der Waals surface area contributed by atoms with Crippen molar-refractivity contribution in [1.29, 1.82) is 0 Å². The summed E-state index contributed by atoms with van der Waals surface area (Å²) in [5.74, 6) is 0. The molecule has 0 aromatic rings. The predicted molar refractivity (Wildman–Crippen MR) is 69.8 cm³/mol. The first-order valence-electron chi connectivity index (χ1n) is 6.72. The second-order valence-electron chi connectivity index (χ2n) is 6.04. The lowest BCUT2D eigenvalue weighted by Crippen LogP contribution is -2.41. The molecule has 0 bridgehead atoms. The van der Waals surface area contributed by atoms with Crippen molar-refractivity contribution in [2.45, 2.75) is 70.8 Å². The zero-order valence-corrected chi connectivity index (χ0v) is 12.3. The lowest BCUT2D eigenvalue weighted by atomic mass is 9.87. The maximum Gasteiger partial charge on any atom is 0.524 e. The molecular weight excluding hydrogens is 275 g/mol. The Morgan fingerprint density at radius 3 is 2.00 bits per heavy atom. The lowest BCUT2D eigenvalue weighted by Gasteiger charge is -2.32. The molecule has 0 spiro atoms. The third kappa shape index (κ3) is 4.77. The molecule has 0 amide bonds. The lowest BCUT2D eigenvalue weighted by molar-refractivity contribution is -0.135. The highest BCUT2D eigenvalue weighted by Crippen LogP contribution is 2.38. The molecule has 116 valence electrons. The fourth-order valence-corrected chi connectivity index (χ4v) is 1.76. The van der Waals surface area contributed by atoms with E-state index in [0.717, 1.165) is 0 Å². The number of unbranched alkanes of at least 4 members (excludes halogenated alkanes) is 2. The molecule has 0 radical (unpaired) electrons. The number of alkyl halides is 3. The van der Waals surface area contributed by atoms with Gasteiger partial charge < -0.3 is 9.31 Å². The van der Waals surface area contributed by atoms with E-state index in [0.29, 0.717) is 0 Å². The topological polar surface area (TPSA) is 18.5 Å². The number of hydrogen-bond donors (Lipinski definition) is 0. The van der Waals surface area contributed by atoms with Crippen LogP contribution < -0.4 is 0 Å². The van der Waals surface area contributed by atoms with Crippen LogP contribution in [0.5, 0.6) is 0 Å². The van der Waals surface area contributed by atoms with Crippen LogP contribution >= 0.6 is 0 Å². The average molecular weight is 296 g/mol. The van der Waals surface area contributed by atoms with Gasteiger partial charge in [0.15, 0.2) is 0 Å². The molecule has 0 saturated carbocycles. The molecule has 20 heavy (non-hydrogen) atoms. The Kier molecular flexibility index (Phi) is 5.30. The minimum absolute atomic E-state index is 0.00333. The zero-order chi connectivity index (χ0) is 15.6. The van der Waals surface area contributed by atoms with Crippen LogP contribution in [0.2, 0.25) is 0 Å². The molecule has 1 aliphatic heterocycles. The van der Waals surface area contributed by atoms with Gasteiger partial charge in [0.05, 0.1) is 11.2 Å². The molecule has 1 saturated heterocycles. The molecule has 0 atom stereocenters. The van der Waals surface area contributed by atoms with Crippen LogP contribution in [-0.2, 0) is 9.31 Å². The standard InChI is InChI=1S/C13H21BF4O2/c1-11(2)12(3,4)20-14(19-11)10(15)8-6-5-7-9-13(16,17)18/h8H,5-7,9H2,1-4H3. The van der Waals surface area contributed by atoms with Crippen LogP contribution in [0.3, 0.4) is 0 Å². The molecule has 1 heterocycles. The van der Waals surface area contributed by atoms with E-state index in [1.54, 1.807) is 0 Å². The molecule has 1 aliphatic rings. The summed E-state index contributed by atoms with van der Waals surface area (Å²) in [6, 6.07) is 0. The van der Waals surface area contributed by atoms with Crippen LogP contribution in [0, 0.1) is 0 Å². The van der Waals surface area contributed by atoms with E-state index in [9.17, 15) is 17.6 Å². The van der Waals surface area contributed by atoms with Gasteiger partial charge >= 0.3 is 13.3 Å². The zero-order valence-electron chi connectivity index (χ0n) is 12.3. The van der Waals surface area contributed by atoms with Gasteiger partial charge in [-0.3, -0.25) is 0 Å². The SMILES string of the molecule is CC1(C)OB(C(F)=CCCCCC(F)(F)F)OC1(C)C. The van der Waals surface area contributed by atoms with Gasteiger partial charge in [-0.15, -0.1) is 0 Å². The first-order chi connectivity index (χ1) is 8.95. The molecule has 0 aromatic heterocycles. The van der Waals surface area contributed by atoms with Gasteiger partial charge in [-0.2, -0.15) is 13.2 Å². The molecule has 7 heteroatoms. The highest BCUT2D eigenvalue weighted by Gasteiger charge is 2.52. The van der Waals surface area contributed by atoms with Crippen molar-refractivity contribution < 1.29 is 26.9 Å². The molecule has 0 unspecified atom stereocenters. The fourth-order valence-electron chi connectivity index (χ4n) is 1.76. The van der Waals surface area contributed by atoms with Crippen LogP contribution in [0.15, 0.2) is 11.8 Å². The smallest absolute Gasteiger partial charge is 0.398 e. The molecule has 1 rings (SSSR count). The average Bonchev–Trinajstić information content (AvgIpc) is 2.46. The minimum Gasteiger partial charge on any atom is -0.398 e. The first kappa shape index (κ1) is 17.5. The summed E-state index contributed by atoms with van der Waals surface area (Å²) < 4.78 is 60.6. The van der Waals surface area contributed by atoms with Gasteiger partial charge in [0.1, 0.15) is 5.73 Å². The molecule has 0 aliphatic carbocycles. The van der Waals surface area contributed by atoms with Gasteiger partial charge in [-0.1, -0.05) is 6.08 Å². The maximum absolute atomic E-state index is 13.8. The highest BCUT2D eigenvalue weighted by atomic mass is 19.4. The van der Waals surface area contributed by atoms with Crippen LogP contribution in [0.25, 0.3) is 0 Å². The van der Waals surface area contributed by atoms with Crippen molar-refractivity contribution in [2.75, 3.05) is 0 Å². The number of allylic oxidation sites excluding steroid dienone is 1. The third-order valence-electron chi connectivity index (χ3n) is 3.73. The van der Waals surface area contributed by atoms with Gasteiger partial charge in [0.25, 0.3) is 0 Å². The monoisotopic (exact) mass is 296 g/mol. The quantitative estimate of drug-likeness (QED) is 0.419. The Labute approximate surface area is 117 Å². The first-order valence-corrected chi connectivity index (χ1v) is 6.72. The maximum atomic E-state index is 13.8. The summed E-state index contributed by atoms with van der Waals surface area (Å²) in [5, 5.41) is 0. The predicted octanol–water partition coefficient (Wildman–Crippen LogP) is 4.59. The summed E-state index contributed by atoms with van der Waals surface area (Å²) in [4.78, 5) is 0. The van der Waals surface area contributed by atoms with Gasteiger partial charge in [-0.25, -0.2) is 4.39 Å². The van der Waals surface area contributed by atoms with Crippen molar-refractivity contribution in [3.63, 3.8) is 0 Å². The Hall–Kier alpha value is -0.555. The van der Waals surface area contributed by atoms with E-state index >= 15 is 0 Å². The normalized spacial score (nSPS) is 22.4. The molecule has 0 N–H and O–H groups in total. The number of hydrogen-bond acceptors (Lipinski definition) is 2. The van der Waals surface area contributed by atoms with E-state index in [4.69, 9.17) is 9.31 Å². The van der Waals surface area contributed by atoms with Crippen molar-refractivity contribution in [3.05, 3.63) is 11.8 Å². The Bertz CT molecular complexity index is 348. The Morgan fingerprint density at radius 1 is 1.05 bits per heavy atom. The van der Waals surface area contributed by atoms with E-state index in [-0.39, 0.29) is 19.3 Å². The van der Waals surface area contributed by atoms with Gasteiger partial charge in [-0.05, 0) is 47.0 Å². The van der Waals surface area contributed by atoms with E-state index < -0.39 is 36.6 Å². The van der Waals surface area contributed by atoms with Crippen molar-refractivity contribution in [3.8, 4) is 0 Å². The van der Waals surface area contributed by atoms with Crippen molar-refractivity contribution >= 4 is 7.12 Å². The molecule has 1 fully saturated rings. The van der Waals surface area contributed by atoms with E-state index in [1.807, 2.05) is 27.7 Å². The highest BCUT2D eigenvalue weighted by molar-refractivity contribution is 6.53. The summed E-state index contributed by atoms with van der Waals surface area (Å²) in [6.45, 7) is 7.24. The summed E-state index contributed by atoms with van der Waals surface area (Å²) in [6.07, 6.45) is -3.21. The van der Waals surface area contributed by atoms with Crippen LogP contribution in [0.4, 0.5) is 17.6 Å². The number of rotatable bonds is 5. The van der Waals surface area contributed by atoms with Gasteiger partial charge in [0, 0.05) is 6.42 Å². The Morgan fingerprint density at radius 2 is 1.55 bits per heavy atom. The minimum atomic E-state index is -4.14. The second kappa shape index (κ2) is 6.06. The molecule has 0 aromatic carbocycles. The number of halogens is 4. The fraction of sp³-hybridized carbons (Fsp3) is 0.846. The Balaban J connectivity index is 2.40. The summed E-state index contributed by atoms with van der Waals surface area (Å²) >= 11 is 0. The summed E-state index contributed by atoms with van der Waals surface area (Å²) in [7, 11) is -1.07. The van der Waals surface area contributed by atoms with E-state index in [1.165, 1.54) is 6.08 Å². The van der Waals surface area contributed by atoms with Crippen LogP contribution in [-0.4, -0.2) is 24.5 Å². The molecule has 2 nitrogen and oxygen atoms in total. The third-order valence-corrected chi connectivity index (χ3v) is 3.73. The molecular formula is C13H21BF4O2.